The van der Waals surface area contributed by atoms with Crippen molar-refractivity contribution in [2.75, 3.05) is 20.3 Å². The largest absolute Gasteiger partial charge is 0.385 e. The van der Waals surface area contributed by atoms with Crippen LogP contribution in [0.2, 0.25) is 0 Å². The molecule has 1 aromatic rings. The van der Waals surface area contributed by atoms with Crippen LogP contribution in [0.5, 0.6) is 0 Å². The number of carbonyl (C=O) groups excluding carboxylic acids is 1. The predicted octanol–water partition coefficient (Wildman–Crippen LogP) is 0.720. The smallest absolute Gasteiger partial charge is 0.254 e. The second-order valence-electron chi connectivity index (χ2n) is 3.14. The number of hydrogen-bond donors (Lipinski definition) is 1. The maximum absolute atomic E-state index is 11.6. The average Bonchev–Trinajstić information content (AvgIpc) is 2.34. The molecule has 1 N–H and O–H groups in total. The average molecular weight is 219 g/mol. The molecule has 0 fully saturated rings. The van der Waals surface area contributed by atoms with Crippen molar-refractivity contribution in [1.82, 2.24) is 10.3 Å². The van der Waals surface area contributed by atoms with Crippen molar-refractivity contribution in [2.45, 2.75) is 6.42 Å². The molecule has 0 radical (unpaired) electrons. The lowest BCUT2D eigenvalue weighted by atomic mass is 10.1. The number of amides is 1. The molecule has 1 amide bonds. The molecule has 84 valence electrons. The normalized spacial score (nSPS) is 9.50. The zero-order chi connectivity index (χ0) is 11.8. The molecule has 0 saturated carbocycles. The van der Waals surface area contributed by atoms with Gasteiger partial charge in [-0.2, -0.15) is 5.26 Å². The molecular weight excluding hydrogens is 206 g/mol. The molecule has 1 heterocycles. The highest BCUT2D eigenvalue weighted by Crippen LogP contribution is 2.04. The molecule has 1 aromatic heterocycles. The molecule has 0 aliphatic rings. The summed E-state index contributed by atoms with van der Waals surface area (Å²) in [7, 11) is 1.61. The fourth-order valence-electron chi connectivity index (χ4n) is 1.19. The van der Waals surface area contributed by atoms with Crippen LogP contribution >= 0.6 is 0 Å². The molecule has 1 rings (SSSR count). The summed E-state index contributed by atoms with van der Waals surface area (Å²) in [5, 5.41) is 11.5. The third kappa shape index (κ3) is 3.33. The summed E-state index contributed by atoms with van der Waals surface area (Å²) in [5.74, 6) is -0.277. The highest BCUT2D eigenvalue weighted by atomic mass is 16.5. The first-order valence-electron chi connectivity index (χ1n) is 4.91. The number of ether oxygens (including phenoxy) is 1. The van der Waals surface area contributed by atoms with Gasteiger partial charge in [-0.05, 0) is 12.5 Å². The van der Waals surface area contributed by atoms with Crippen molar-refractivity contribution >= 4 is 5.91 Å². The van der Waals surface area contributed by atoms with Gasteiger partial charge in [0, 0.05) is 32.7 Å². The summed E-state index contributed by atoms with van der Waals surface area (Å²) < 4.78 is 4.86. The van der Waals surface area contributed by atoms with Gasteiger partial charge in [0.15, 0.2) is 0 Å². The van der Waals surface area contributed by atoms with Crippen molar-refractivity contribution < 1.29 is 9.53 Å². The molecule has 16 heavy (non-hydrogen) atoms. The quantitative estimate of drug-likeness (QED) is 0.740. The third-order valence-corrected chi connectivity index (χ3v) is 2.00. The summed E-state index contributed by atoms with van der Waals surface area (Å²) in [4.78, 5) is 15.5. The van der Waals surface area contributed by atoms with Crippen LogP contribution in [-0.4, -0.2) is 31.2 Å². The van der Waals surface area contributed by atoms with Gasteiger partial charge in [-0.15, -0.1) is 0 Å². The predicted molar refractivity (Wildman–Crippen MR) is 57.8 cm³/mol. The van der Waals surface area contributed by atoms with Crippen molar-refractivity contribution in [3.05, 3.63) is 29.6 Å². The van der Waals surface area contributed by atoms with E-state index in [2.05, 4.69) is 10.3 Å². The van der Waals surface area contributed by atoms with E-state index >= 15 is 0 Å². The van der Waals surface area contributed by atoms with E-state index in [4.69, 9.17) is 10.00 Å². The number of nitrogens with one attached hydrogen (secondary N) is 1. The Hall–Kier alpha value is -1.93. The fourth-order valence-corrected chi connectivity index (χ4v) is 1.19. The number of pyridine rings is 1. The number of nitriles is 1. The summed E-state index contributed by atoms with van der Waals surface area (Å²) in [6.07, 6.45) is 3.62. The Morgan fingerprint density at radius 2 is 2.50 bits per heavy atom. The Kier molecular flexibility index (Phi) is 4.96. The number of nitrogens with zero attached hydrogens (tertiary/aromatic N) is 2. The van der Waals surface area contributed by atoms with Crippen LogP contribution < -0.4 is 5.32 Å². The van der Waals surface area contributed by atoms with E-state index in [9.17, 15) is 4.79 Å². The Balaban J connectivity index is 2.56. The van der Waals surface area contributed by atoms with Crippen LogP contribution in [-0.2, 0) is 4.74 Å². The first-order chi connectivity index (χ1) is 7.79. The van der Waals surface area contributed by atoms with Crippen LogP contribution in [0.25, 0.3) is 0 Å². The lowest BCUT2D eigenvalue weighted by Gasteiger charge is -2.05. The zero-order valence-corrected chi connectivity index (χ0v) is 9.06. The monoisotopic (exact) mass is 219 g/mol. The second kappa shape index (κ2) is 6.53. The van der Waals surface area contributed by atoms with Crippen LogP contribution in [0.1, 0.15) is 22.3 Å². The summed E-state index contributed by atoms with van der Waals surface area (Å²) in [6.45, 7) is 1.12. The van der Waals surface area contributed by atoms with Gasteiger partial charge in [-0.1, -0.05) is 0 Å². The van der Waals surface area contributed by atoms with Crippen LogP contribution in [0.4, 0.5) is 0 Å². The minimum Gasteiger partial charge on any atom is -0.385 e. The Morgan fingerprint density at radius 3 is 3.19 bits per heavy atom. The molecule has 0 aliphatic carbocycles. The molecule has 0 atom stereocenters. The molecule has 0 spiro atoms. The molecule has 0 unspecified atom stereocenters. The first-order valence-corrected chi connectivity index (χ1v) is 4.91. The lowest BCUT2D eigenvalue weighted by molar-refractivity contribution is 0.0948. The number of carbonyl (C=O) groups is 1. The Labute approximate surface area is 94.1 Å². The molecule has 0 aliphatic heterocycles. The van der Waals surface area contributed by atoms with E-state index in [1.54, 1.807) is 7.11 Å². The van der Waals surface area contributed by atoms with Gasteiger partial charge in [0.1, 0.15) is 6.07 Å². The second-order valence-corrected chi connectivity index (χ2v) is 3.14. The topological polar surface area (TPSA) is 75.0 Å². The van der Waals surface area contributed by atoms with E-state index in [0.29, 0.717) is 24.3 Å². The number of aromatic nitrogens is 1. The van der Waals surface area contributed by atoms with Gasteiger partial charge in [0.05, 0.1) is 11.1 Å². The molecule has 0 aromatic carbocycles. The summed E-state index contributed by atoms with van der Waals surface area (Å²) >= 11 is 0. The SMILES string of the molecule is COCCCNC(=O)c1cnccc1C#N. The van der Waals surface area contributed by atoms with Crippen molar-refractivity contribution in [1.29, 1.82) is 5.26 Å². The number of rotatable bonds is 5. The first kappa shape index (κ1) is 12.1. The third-order valence-electron chi connectivity index (χ3n) is 2.00. The molecular formula is C11H13N3O2. The van der Waals surface area contributed by atoms with Crippen molar-refractivity contribution in [3.63, 3.8) is 0 Å². The summed E-state index contributed by atoms with van der Waals surface area (Å²) in [6, 6.07) is 3.47. The number of methoxy groups -OCH3 is 1. The molecule has 0 bridgehead atoms. The lowest BCUT2D eigenvalue weighted by Crippen LogP contribution is -2.26. The van der Waals surface area contributed by atoms with E-state index in [1.807, 2.05) is 6.07 Å². The van der Waals surface area contributed by atoms with E-state index < -0.39 is 0 Å². The minimum absolute atomic E-state index is 0.277. The maximum atomic E-state index is 11.6. The Bertz CT molecular complexity index is 398. The Morgan fingerprint density at radius 1 is 1.69 bits per heavy atom. The van der Waals surface area contributed by atoms with Crippen molar-refractivity contribution in [3.8, 4) is 6.07 Å². The van der Waals surface area contributed by atoms with Gasteiger partial charge >= 0.3 is 0 Å². The van der Waals surface area contributed by atoms with Crippen LogP contribution in [0, 0.1) is 11.3 Å². The van der Waals surface area contributed by atoms with Gasteiger partial charge in [0.2, 0.25) is 0 Å². The van der Waals surface area contributed by atoms with Gasteiger partial charge in [-0.3, -0.25) is 9.78 Å². The van der Waals surface area contributed by atoms with Crippen LogP contribution in [0.15, 0.2) is 18.5 Å². The molecule has 5 heteroatoms. The number of hydrogen-bond acceptors (Lipinski definition) is 4. The van der Waals surface area contributed by atoms with Crippen LogP contribution in [0.3, 0.4) is 0 Å². The molecule has 5 nitrogen and oxygen atoms in total. The van der Waals surface area contributed by atoms with Gasteiger partial charge in [0.25, 0.3) is 5.91 Å². The minimum atomic E-state index is -0.277. The van der Waals surface area contributed by atoms with Crippen molar-refractivity contribution in [2.24, 2.45) is 0 Å². The van der Waals surface area contributed by atoms with E-state index in [1.165, 1.54) is 18.5 Å². The van der Waals surface area contributed by atoms with Gasteiger partial charge in [-0.25, -0.2) is 0 Å². The highest BCUT2D eigenvalue weighted by molar-refractivity contribution is 5.96. The van der Waals surface area contributed by atoms with E-state index in [-0.39, 0.29) is 5.91 Å². The van der Waals surface area contributed by atoms with Gasteiger partial charge < -0.3 is 10.1 Å². The zero-order valence-electron chi connectivity index (χ0n) is 9.06. The fraction of sp³-hybridized carbons (Fsp3) is 0.364. The maximum Gasteiger partial charge on any atom is 0.254 e. The molecule has 0 saturated heterocycles. The summed E-state index contributed by atoms with van der Waals surface area (Å²) in [5.41, 5.74) is 0.640. The standard InChI is InChI=1S/C11H13N3O2/c1-16-6-2-4-14-11(15)10-8-13-5-3-9(10)7-12/h3,5,8H,2,4,6H2,1H3,(H,14,15). The highest BCUT2D eigenvalue weighted by Gasteiger charge is 2.09. The van der Waals surface area contributed by atoms with E-state index in [0.717, 1.165) is 6.42 Å².